The highest BCUT2D eigenvalue weighted by Gasteiger charge is 2.52. The Morgan fingerprint density at radius 1 is 1.10 bits per heavy atom. The Balaban J connectivity index is 1.27. The first-order valence-corrected chi connectivity index (χ1v) is 10.6. The molecule has 0 saturated carbocycles. The topological polar surface area (TPSA) is 71.5 Å². The highest BCUT2D eigenvalue weighted by Crippen LogP contribution is 2.36. The second-order valence-corrected chi connectivity index (χ2v) is 8.53. The van der Waals surface area contributed by atoms with Gasteiger partial charge in [0.15, 0.2) is 12.2 Å². The molecule has 3 amide bonds. The van der Waals surface area contributed by atoms with Gasteiger partial charge in [0.25, 0.3) is 5.91 Å². The standard InChI is InChI=1S/C22H28N6O2/c1-14-15(2)28-18-19(25(3)22(30)24-20(18)29)23-21(28)27(14)11-6-10-26-12-9-16-7-4-5-8-17(16)13-26/h4-5,7-8,18-19H,6,9-13H2,1-3H3,(H,24,29,30). The SMILES string of the molecule is CC1=C(C)N2C(=NC3C2C(=O)NC(=O)N3C)N1CCCN1CCc2ccccc2C1. The maximum atomic E-state index is 12.5. The molecule has 1 fully saturated rings. The lowest BCUT2D eigenvalue weighted by Crippen LogP contribution is -2.63. The summed E-state index contributed by atoms with van der Waals surface area (Å²) < 4.78 is 0. The number of guanidine groups is 1. The third kappa shape index (κ3) is 2.89. The molecular weight excluding hydrogens is 380 g/mol. The predicted molar refractivity (Wildman–Crippen MR) is 113 cm³/mol. The third-order valence-corrected chi connectivity index (χ3v) is 6.84. The summed E-state index contributed by atoms with van der Waals surface area (Å²) in [5, 5.41) is 2.44. The van der Waals surface area contributed by atoms with Crippen LogP contribution in [0.4, 0.5) is 4.79 Å². The first-order chi connectivity index (χ1) is 14.5. The van der Waals surface area contributed by atoms with Crippen molar-refractivity contribution >= 4 is 17.9 Å². The van der Waals surface area contributed by atoms with Crippen molar-refractivity contribution in [1.82, 2.24) is 24.9 Å². The van der Waals surface area contributed by atoms with Crippen LogP contribution < -0.4 is 5.32 Å². The summed E-state index contributed by atoms with van der Waals surface area (Å²) >= 11 is 0. The average molecular weight is 409 g/mol. The molecule has 0 bridgehead atoms. The van der Waals surface area contributed by atoms with Gasteiger partial charge in [-0.2, -0.15) is 0 Å². The Labute approximate surface area is 176 Å². The van der Waals surface area contributed by atoms with Gasteiger partial charge < -0.3 is 9.80 Å². The Morgan fingerprint density at radius 3 is 2.67 bits per heavy atom. The van der Waals surface area contributed by atoms with E-state index in [1.165, 1.54) is 16.0 Å². The van der Waals surface area contributed by atoms with Crippen LogP contribution in [0, 0.1) is 0 Å². The molecule has 4 heterocycles. The van der Waals surface area contributed by atoms with Gasteiger partial charge in [0.2, 0.25) is 5.96 Å². The minimum atomic E-state index is -0.485. The van der Waals surface area contributed by atoms with Gasteiger partial charge in [0, 0.05) is 44.6 Å². The summed E-state index contributed by atoms with van der Waals surface area (Å²) in [6, 6.07) is 7.83. The molecule has 0 aromatic heterocycles. The van der Waals surface area contributed by atoms with Crippen LogP contribution in [0.5, 0.6) is 0 Å². The number of carbonyl (C=O) groups is 2. The van der Waals surface area contributed by atoms with Crippen molar-refractivity contribution in [2.45, 2.75) is 45.4 Å². The number of hydrogen-bond acceptors (Lipinski definition) is 6. The van der Waals surface area contributed by atoms with E-state index in [9.17, 15) is 9.59 Å². The zero-order chi connectivity index (χ0) is 21.0. The molecule has 1 N–H and O–H groups in total. The Kier molecular flexibility index (Phi) is 4.54. The lowest BCUT2D eigenvalue weighted by atomic mass is 10.00. The zero-order valence-corrected chi connectivity index (χ0v) is 17.8. The van der Waals surface area contributed by atoms with Crippen LogP contribution in [-0.2, 0) is 17.8 Å². The molecule has 2 unspecified atom stereocenters. The Morgan fingerprint density at radius 2 is 1.87 bits per heavy atom. The van der Waals surface area contributed by atoms with Gasteiger partial charge in [-0.15, -0.1) is 0 Å². The van der Waals surface area contributed by atoms with Crippen LogP contribution in [0.2, 0.25) is 0 Å². The van der Waals surface area contributed by atoms with E-state index >= 15 is 0 Å². The van der Waals surface area contributed by atoms with E-state index in [-0.39, 0.29) is 11.9 Å². The van der Waals surface area contributed by atoms with Gasteiger partial charge >= 0.3 is 6.03 Å². The minimum Gasteiger partial charge on any atom is -0.314 e. The van der Waals surface area contributed by atoms with Crippen molar-refractivity contribution in [2.75, 3.05) is 26.7 Å². The zero-order valence-electron chi connectivity index (χ0n) is 17.8. The summed E-state index contributed by atoms with van der Waals surface area (Å²) in [7, 11) is 1.69. The summed E-state index contributed by atoms with van der Waals surface area (Å²) in [6.45, 7) is 8.07. The number of hydrogen-bond donors (Lipinski definition) is 1. The summed E-state index contributed by atoms with van der Waals surface area (Å²) in [5.74, 6) is 0.517. The van der Waals surface area contributed by atoms with Crippen molar-refractivity contribution in [3.8, 4) is 0 Å². The second kappa shape index (κ2) is 7.12. The number of nitrogens with one attached hydrogen (secondary N) is 1. The molecule has 0 spiro atoms. The molecule has 8 nitrogen and oxygen atoms in total. The highest BCUT2D eigenvalue weighted by atomic mass is 16.2. The number of rotatable bonds is 4. The summed E-state index contributed by atoms with van der Waals surface area (Å²) in [4.78, 5) is 37.6. The average Bonchev–Trinajstić information content (AvgIpc) is 3.24. The van der Waals surface area contributed by atoms with Crippen LogP contribution in [0.15, 0.2) is 40.7 Å². The number of carbonyl (C=O) groups excluding carboxylic acids is 2. The molecule has 0 aliphatic carbocycles. The van der Waals surface area contributed by atoms with E-state index in [4.69, 9.17) is 4.99 Å². The number of allylic oxidation sites excluding steroid dienone is 2. The van der Waals surface area contributed by atoms with E-state index < -0.39 is 12.2 Å². The molecule has 8 heteroatoms. The summed E-state index contributed by atoms with van der Waals surface area (Å²) in [5.41, 5.74) is 5.07. The van der Waals surface area contributed by atoms with Crippen LogP contribution in [0.1, 0.15) is 31.4 Å². The molecule has 1 saturated heterocycles. The van der Waals surface area contributed by atoms with E-state index in [1.54, 1.807) is 7.05 Å². The highest BCUT2D eigenvalue weighted by molar-refractivity contribution is 6.05. The number of imide groups is 1. The maximum Gasteiger partial charge on any atom is 0.325 e. The van der Waals surface area contributed by atoms with Crippen LogP contribution >= 0.6 is 0 Å². The lowest BCUT2D eigenvalue weighted by Gasteiger charge is -2.35. The van der Waals surface area contributed by atoms with Crippen molar-refractivity contribution < 1.29 is 9.59 Å². The first-order valence-electron chi connectivity index (χ1n) is 10.6. The number of nitrogens with zero attached hydrogens (tertiary/aromatic N) is 5. The molecule has 1 aromatic rings. The van der Waals surface area contributed by atoms with Crippen LogP contribution in [0.25, 0.3) is 0 Å². The Hall–Kier alpha value is -2.87. The first kappa shape index (κ1) is 19.1. The van der Waals surface area contributed by atoms with Crippen LogP contribution in [0.3, 0.4) is 0 Å². The molecule has 1 aromatic carbocycles. The number of urea groups is 1. The van der Waals surface area contributed by atoms with Crippen molar-refractivity contribution in [2.24, 2.45) is 4.99 Å². The van der Waals surface area contributed by atoms with Crippen LogP contribution in [-0.4, -0.2) is 76.4 Å². The maximum absolute atomic E-state index is 12.5. The molecule has 4 aliphatic heterocycles. The van der Waals surface area contributed by atoms with E-state index in [2.05, 4.69) is 46.3 Å². The van der Waals surface area contributed by atoms with Gasteiger partial charge in [0.1, 0.15) is 0 Å². The number of fused-ring (bicyclic) bond motifs is 4. The van der Waals surface area contributed by atoms with Gasteiger partial charge in [-0.05, 0) is 37.8 Å². The second-order valence-electron chi connectivity index (χ2n) is 8.53. The van der Waals surface area contributed by atoms with Gasteiger partial charge in [-0.1, -0.05) is 24.3 Å². The minimum absolute atomic E-state index is 0.275. The lowest BCUT2D eigenvalue weighted by molar-refractivity contribution is -0.126. The molecule has 5 rings (SSSR count). The summed E-state index contributed by atoms with van der Waals surface area (Å²) in [6.07, 6.45) is 1.65. The Bertz CT molecular complexity index is 970. The quantitative estimate of drug-likeness (QED) is 0.819. The van der Waals surface area contributed by atoms with Crippen molar-refractivity contribution in [3.05, 3.63) is 46.8 Å². The van der Waals surface area contributed by atoms with E-state index in [0.29, 0.717) is 0 Å². The number of benzene rings is 1. The number of aliphatic imine (C=N–C) groups is 1. The van der Waals surface area contributed by atoms with E-state index in [0.717, 1.165) is 56.4 Å². The fourth-order valence-corrected chi connectivity index (χ4v) is 4.99. The third-order valence-electron chi connectivity index (χ3n) is 6.84. The van der Waals surface area contributed by atoms with Gasteiger partial charge in [-0.3, -0.25) is 19.9 Å². The molecular formula is C22H28N6O2. The fraction of sp³-hybridized carbons (Fsp3) is 0.500. The largest absolute Gasteiger partial charge is 0.325 e. The number of amides is 3. The van der Waals surface area contributed by atoms with Crippen molar-refractivity contribution in [1.29, 1.82) is 0 Å². The molecule has 2 atom stereocenters. The van der Waals surface area contributed by atoms with Gasteiger partial charge in [0.05, 0.1) is 0 Å². The normalized spacial score (nSPS) is 26.0. The predicted octanol–water partition coefficient (Wildman–Crippen LogP) is 1.55. The van der Waals surface area contributed by atoms with Crippen molar-refractivity contribution in [3.63, 3.8) is 0 Å². The molecule has 4 aliphatic rings. The fourth-order valence-electron chi connectivity index (χ4n) is 4.99. The molecule has 30 heavy (non-hydrogen) atoms. The monoisotopic (exact) mass is 408 g/mol. The molecule has 158 valence electrons. The van der Waals surface area contributed by atoms with Gasteiger partial charge in [-0.25, -0.2) is 9.79 Å². The smallest absolute Gasteiger partial charge is 0.314 e. The number of likely N-dealkylation sites (N-methyl/N-ethyl adjacent to an activating group) is 1. The molecule has 0 radical (unpaired) electrons. The van der Waals surface area contributed by atoms with E-state index in [1.807, 2.05) is 11.8 Å².